The molecule has 0 bridgehead atoms. The van der Waals surface area contributed by atoms with Crippen LogP contribution in [0.3, 0.4) is 0 Å². The zero-order valence-corrected chi connectivity index (χ0v) is 10.3. The molecule has 1 atom stereocenters. The van der Waals surface area contributed by atoms with Crippen molar-refractivity contribution in [3.63, 3.8) is 0 Å². The summed E-state index contributed by atoms with van der Waals surface area (Å²) in [5.74, 6) is 0. The molecule has 0 spiro atoms. The van der Waals surface area contributed by atoms with Crippen LogP contribution in [0.4, 0.5) is 0 Å². The van der Waals surface area contributed by atoms with Crippen molar-refractivity contribution >= 4 is 0 Å². The van der Waals surface area contributed by atoms with Gasteiger partial charge in [-0.1, -0.05) is 39.0 Å². The molecule has 2 nitrogen and oxygen atoms in total. The summed E-state index contributed by atoms with van der Waals surface area (Å²) in [6.07, 6.45) is 7.61. The Balaban J connectivity index is 3.48. The Morgan fingerprint density at radius 2 is 1.71 bits per heavy atom. The molecule has 0 heterocycles. The molecule has 0 amide bonds. The molecular formula is C12H27NO. The summed E-state index contributed by atoms with van der Waals surface area (Å²) in [5, 5.41) is 0. The average molecular weight is 201 g/mol. The van der Waals surface area contributed by atoms with Gasteiger partial charge in [-0.05, 0) is 20.3 Å². The standard InChI is InChI=1S/C12H27NO/c1-5-6-7-8-9-10-11(13)12(2,3)14-4/h11H,5-10,13H2,1-4H3. The minimum Gasteiger partial charge on any atom is -0.377 e. The lowest BCUT2D eigenvalue weighted by molar-refractivity contribution is -0.00202. The smallest absolute Gasteiger partial charge is 0.0772 e. The molecular weight excluding hydrogens is 174 g/mol. The molecule has 0 aliphatic carbocycles. The van der Waals surface area contributed by atoms with Gasteiger partial charge >= 0.3 is 0 Å². The van der Waals surface area contributed by atoms with Crippen LogP contribution in [0, 0.1) is 0 Å². The van der Waals surface area contributed by atoms with Gasteiger partial charge in [-0.25, -0.2) is 0 Å². The van der Waals surface area contributed by atoms with E-state index in [-0.39, 0.29) is 11.6 Å². The fraction of sp³-hybridized carbons (Fsp3) is 1.00. The summed E-state index contributed by atoms with van der Waals surface area (Å²) in [6.45, 7) is 6.35. The fourth-order valence-electron chi connectivity index (χ4n) is 1.47. The van der Waals surface area contributed by atoms with Crippen LogP contribution in [0.15, 0.2) is 0 Å². The Morgan fingerprint density at radius 3 is 2.21 bits per heavy atom. The maximum Gasteiger partial charge on any atom is 0.0772 e. The van der Waals surface area contributed by atoms with Crippen LogP contribution in [0.1, 0.15) is 59.3 Å². The number of hydrogen-bond donors (Lipinski definition) is 1. The highest BCUT2D eigenvalue weighted by molar-refractivity contribution is 4.81. The van der Waals surface area contributed by atoms with E-state index in [0.29, 0.717) is 0 Å². The van der Waals surface area contributed by atoms with Crippen molar-refractivity contribution in [3.05, 3.63) is 0 Å². The molecule has 0 radical (unpaired) electrons. The molecule has 2 N–H and O–H groups in total. The van der Waals surface area contributed by atoms with Gasteiger partial charge in [0.05, 0.1) is 5.60 Å². The summed E-state index contributed by atoms with van der Waals surface area (Å²) in [5.41, 5.74) is 5.88. The van der Waals surface area contributed by atoms with E-state index in [1.165, 1.54) is 32.1 Å². The molecule has 1 unspecified atom stereocenters. The maximum atomic E-state index is 6.05. The predicted molar refractivity (Wildman–Crippen MR) is 62.4 cm³/mol. The zero-order chi connectivity index (χ0) is 11.0. The summed E-state index contributed by atoms with van der Waals surface area (Å²) >= 11 is 0. The number of unbranched alkanes of at least 4 members (excludes halogenated alkanes) is 4. The van der Waals surface area contributed by atoms with E-state index in [2.05, 4.69) is 20.8 Å². The number of rotatable bonds is 8. The van der Waals surface area contributed by atoms with Crippen LogP contribution in [-0.4, -0.2) is 18.8 Å². The third-order valence-electron chi connectivity index (χ3n) is 3.04. The van der Waals surface area contributed by atoms with E-state index in [1.807, 2.05) is 0 Å². The average Bonchev–Trinajstić information content (AvgIpc) is 2.17. The highest BCUT2D eigenvalue weighted by atomic mass is 16.5. The van der Waals surface area contributed by atoms with Crippen molar-refractivity contribution in [2.75, 3.05) is 7.11 Å². The molecule has 2 heteroatoms. The second-order valence-electron chi connectivity index (χ2n) is 4.62. The Kier molecular flexibility index (Phi) is 7.20. The van der Waals surface area contributed by atoms with Crippen LogP contribution in [0.2, 0.25) is 0 Å². The number of hydrogen-bond acceptors (Lipinski definition) is 2. The van der Waals surface area contributed by atoms with Gasteiger partial charge in [0, 0.05) is 13.2 Å². The number of nitrogens with two attached hydrogens (primary N) is 1. The minimum atomic E-state index is -0.176. The molecule has 0 saturated heterocycles. The normalized spacial score (nSPS) is 14.4. The van der Waals surface area contributed by atoms with Crippen molar-refractivity contribution in [2.45, 2.75) is 70.9 Å². The number of methoxy groups -OCH3 is 1. The molecule has 86 valence electrons. The van der Waals surface area contributed by atoms with Crippen LogP contribution in [0.5, 0.6) is 0 Å². The van der Waals surface area contributed by atoms with Crippen molar-refractivity contribution in [1.82, 2.24) is 0 Å². The molecule has 0 rings (SSSR count). The third-order valence-corrected chi connectivity index (χ3v) is 3.04. The van der Waals surface area contributed by atoms with Crippen LogP contribution >= 0.6 is 0 Å². The van der Waals surface area contributed by atoms with Crippen LogP contribution in [-0.2, 0) is 4.74 Å². The zero-order valence-electron chi connectivity index (χ0n) is 10.3. The Bertz CT molecular complexity index is 134. The highest BCUT2D eigenvalue weighted by Gasteiger charge is 2.24. The third kappa shape index (κ3) is 5.61. The lowest BCUT2D eigenvalue weighted by Crippen LogP contribution is -2.44. The van der Waals surface area contributed by atoms with E-state index in [9.17, 15) is 0 Å². The SMILES string of the molecule is CCCCCCCC(N)C(C)(C)OC. The molecule has 14 heavy (non-hydrogen) atoms. The van der Waals surface area contributed by atoms with Gasteiger partial charge in [-0.3, -0.25) is 0 Å². The van der Waals surface area contributed by atoms with E-state index < -0.39 is 0 Å². The topological polar surface area (TPSA) is 35.2 Å². The Morgan fingerprint density at radius 1 is 1.14 bits per heavy atom. The second kappa shape index (κ2) is 7.24. The van der Waals surface area contributed by atoms with Gasteiger partial charge in [0.25, 0.3) is 0 Å². The quantitative estimate of drug-likeness (QED) is 0.612. The highest BCUT2D eigenvalue weighted by Crippen LogP contribution is 2.17. The van der Waals surface area contributed by atoms with Gasteiger partial charge in [0.2, 0.25) is 0 Å². The van der Waals surface area contributed by atoms with Crippen molar-refractivity contribution in [1.29, 1.82) is 0 Å². The monoisotopic (exact) mass is 201 g/mol. The lowest BCUT2D eigenvalue weighted by Gasteiger charge is -2.30. The number of ether oxygens (including phenoxy) is 1. The molecule has 0 aliphatic heterocycles. The first kappa shape index (κ1) is 13.9. The fourth-order valence-corrected chi connectivity index (χ4v) is 1.47. The van der Waals surface area contributed by atoms with Gasteiger partial charge in [-0.15, -0.1) is 0 Å². The summed E-state index contributed by atoms with van der Waals surface area (Å²) in [4.78, 5) is 0. The molecule has 0 saturated carbocycles. The van der Waals surface area contributed by atoms with E-state index >= 15 is 0 Å². The van der Waals surface area contributed by atoms with Gasteiger partial charge in [-0.2, -0.15) is 0 Å². The maximum absolute atomic E-state index is 6.05. The van der Waals surface area contributed by atoms with Crippen LogP contribution < -0.4 is 5.73 Å². The van der Waals surface area contributed by atoms with E-state index in [0.717, 1.165) is 6.42 Å². The van der Waals surface area contributed by atoms with Crippen LogP contribution in [0.25, 0.3) is 0 Å². The first-order chi connectivity index (χ1) is 6.54. The van der Waals surface area contributed by atoms with Gasteiger partial charge in [0.1, 0.15) is 0 Å². The molecule has 0 aromatic rings. The minimum absolute atomic E-state index is 0.161. The van der Waals surface area contributed by atoms with E-state index in [4.69, 9.17) is 10.5 Å². The second-order valence-corrected chi connectivity index (χ2v) is 4.62. The largest absolute Gasteiger partial charge is 0.377 e. The van der Waals surface area contributed by atoms with Gasteiger partial charge < -0.3 is 10.5 Å². The molecule has 0 fully saturated rings. The van der Waals surface area contributed by atoms with Crippen molar-refractivity contribution in [3.8, 4) is 0 Å². The summed E-state index contributed by atoms with van der Waals surface area (Å²) in [7, 11) is 1.73. The lowest BCUT2D eigenvalue weighted by atomic mass is 9.94. The van der Waals surface area contributed by atoms with Crippen molar-refractivity contribution < 1.29 is 4.74 Å². The Labute approximate surface area is 89.2 Å². The Hall–Kier alpha value is -0.0800. The summed E-state index contributed by atoms with van der Waals surface area (Å²) in [6, 6.07) is 0.161. The molecule has 0 aliphatic rings. The van der Waals surface area contributed by atoms with E-state index in [1.54, 1.807) is 7.11 Å². The first-order valence-corrected chi connectivity index (χ1v) is 5.85. The summed E-state index contributed by atoms with van der Waals surface area (Å²) < 4.78 is 5.35. The van der Waals surface area contributed by atoms with Crippen molar-refractivity contribution in [2.24, 2.45) is 5.73 Å². The molecule has 0 aromatic carbocycles. The van der Waals surface area contributed by atoms with Gasteiger partial charge in [0.15, 0.2) is 0 Å². The predicted octanol–water partition coefficient (Wildman–Crippen LogP) is 3.10. The first-order valence-electron chi connectivity index (χ1n) is 5.85. The molecule has 0 aromatic heterocycles.